The van der Waals surface area contributed by atoms with Crippen LogP contribution in [0, 0.1) is 0 Å². The Morgan fingerprint density at radius 2 is 1.64 bits per heavy atom. The topological polar surface area (TPSA) is 38.9 Å². The number of aromatic nitrogens is 2. The van der Waals surface area contributed by atoms with Gasteiger partial charge in [-0.2, -0.15) is 0 Å². The second-order valence-electron chi connectivity index (χ2n) is 4.61. The van der Waals surface area contributed by atoms with Gasteiger partial charge in [0.1, 0.15) is 0 Å². The van der Waals surface area contributed by atoms with E-state index in [1.807, 2.05) is 48.5 Å². The van der Waals surface area contributed by atoms with E-state index in [1.165, 1.54) is 11.8 Å². The fourth-order valence-electron chi connectivity index (χ4n) is 1.94. The van der Waals surface area contributed by atoms with Crippen molar-refractivity contribution in [3.05, 3.63) is 75.6 Å². The third-order valence-corrected chi connectivity index (χ3v) is 4.60. The fraction of sp³-hybridized carbons (Fsp3) is 0.125. The molecule has 0 unspecified atom stereocenters. The average molecular weight is 351 g/mol. The van der Waals surface area contributed by atoms with Crippen molar-refractivity contribution in [1.82, 2.24) is 10.2 Å². The number of hydrogen-bond acceptors (Lipinski definition) is 4. The van der Waals surface area contributed by atoms with E-state index < -0.39 is 0 Å². The minimum absolute atomic E-state index is 0.516. The first-order valence-corrected chi connectivity index (χ1v) is 8.38. The van der Waals surface area contributed by atoms with Gasteiger partial charge in [-0.15, -0.1) is 10.2 Å². The Bertz CT molecular complexity index is 742. The first-order chi connectivity index (χ1) is 10.7. The van der Waals surface area contributed by atoms with Crippen LogP contribution in [0.15, 0.2) is 58.2 Å². The largest absolute Gasteiger partial charge is 0.416 e. The van der Waals surface area contributed by atoms with Crippen LogP contribution in [0.4, 0.5) is 0 Å². The van der Waals surface area contributed by atoms with Gasteiger partial charge in [-0.05, 0) is 23.3 Å². The van der Waals surface area contributed by atoms with E-state index in [-0.39, 0.29) is 0 Å². The predicted molar refractivity (Wildman–Crippen MR) is 89.6 cm³/mol. The maximum absolute atomic E-state index is 6.14. The summed E-state index contributed by atoms with van der Waals surface area (Å²) in [4.78, 5) is 0. The lowest BCUT2D eigenvalue weighted by molar-refractivity contribution is 0.420. The molecule has 22 heavy (non-hydrogen) atoms. The summed E-state index contributed by atoms with van der Waals surface area (Å²) in [6.07, 6.45) is 0.626. The molecular weight excluding hydrogens is 339 g/mol. The minimum atomic E-state index is 0.516. The molecule has 0 saturated carbocycles. The second kappa shape index (κ2) is 7.18. The van der Waals surface area contributed by atoms with E-state index in [1.54, 1.807) is 0 Å². The molecule has 3 nitrogen and oxygen atoms in total. The Morgan fingerprint density at radius 1 is 0.909 bits per heavy atom. The van der Waals surface area contributed by atoms with E-state index in [0.717, 1.165) is 11.1 Å². The van der Waals surface area contributed by atoms with Crippen LogP contribution < -0.4 is 0 Å². The molecule has 0 fully saturated rings. The monoisotopic (exact) mass is 350 g/mol. The van der Waals surface area contributed by atoms with E-state index >= 15 is 0 Å². The van der Waals surface area contributed by atoms with Gasteiger partial charge >= 0.3 is 0 Å². The summed E-state index contributed by atoms with van der Waals surface area (Å²) in [5, 5.41) is 9.91. The molecule has 0 saturated heterocycles. The lowest BCUT2D eigenvalue weighted by Crippen LogP contribution is -1.87. The third-order valence-electron chi connectivity index (χ3n) is 3.05. The maximum Gasteiger partial charge on any atom is 0.276 e. The van der Waals surface area contributed by atoms with Crippen LogP contribution in [0.3, 0.4) is 0 Å². The summed E-state index contributed by atoms with van der Waals surface area (Å²) >= 11 is 13.7. The maximum atomic E-state index is 6.14. The summed E-state index contributed by atoms with van der Waals surface area (Å²) in [6.45, 7) is 0. The zero-order valence-corrected chi connectivity index (χ0v) is 13.8. The number of rotatable bonds is 5. The molecule has 0 atom stereocenters. The molecular formula is C16H12Cl2N2OS. The van der Waals surface area contributed by atoms with Crippen molar-refractivity contribution < 1.29 is 4.42 Å². The third kappa shape index (κ3) is 3.83. The molecule has 3 aromatic rings. The highest BCUT2D eigenvalue weighted by Gasteiger charge is 2.11. The zero-order valence-electron chi connectivity index (χ0n) is 11.5. The van der Waals surface area contributed by atoms with E-state index in [4.69, 9.17) is 27.6 Å². The second-order valence-corrected chi connectivity index (χ2v) is 6.35. The van der Waals surface area contributed by atoms with Crippen LogP contribution in [-0.4, -0.2) is 10.2 Å². The summed E-state index contributed by atoms with van der Waals surface area (Å²) < 4.78 is 5.64. The van der Waals surface area contributed by atoms with Gasteiger partial charge in [-0.1, -0.05) is 71.4 Å². The van der Waals surface area contributed by atoms with Crippen molar-refractivity contribution in [3.8, 4) is 0 Å². The molecule has 0 N–H and O–H groups in total. The number of benzene rings is 2. The number of thioether (sulfide) groups is 1. The molecule has 2 aromatic carbocycles. The Balaban J connectivity index is 1.65. The van der Waals surface area contributed by atoms with Gasteiger partial charge in [0.25, 0.3) is 5.22 Å². The standard InChI is InChI=1S/C16H12Cl2N2OS/c17-13-7-4-8-14(18)12(13)10-22-16-20-19-15(21-16)9-11-5-2-1-3-6-11/h1-8H,9-10H2. The molecule has 0 aliphatic heterocycles. The molecule has 1 heterocycles. The molecule has 0 aliphatic carbocycles. The number of nitrogens with zero attached hydrogens (tertiary/aromatic N) is 2. The van der Waals surface area contributed by atoms with Crippen molar-refractivity contribution in [2.75, 3.05) is 0 Å². The number of hydrogen-bond donors (Lipinski definition) is 0. The quantitative estimate of drug-likeness (QED) is 0.588. The highest BCUT2D eigenvalue weighted by molar-refractivity contribution is 7.98. The van der Waals surface area contributed by atoms with Crippen LogP contribution in [0.5, 0.6) is 0 Å². The zero-order chi connectivity index (χ0) is 15.4. The van der Waals surface area contributed by atoms with Gasteiger partial charge in [-0.3, -0.25) is 0 Å². The van der Waals surface area contributed by atoms with Crippen LogP contribution >= 0.6 is 35.0 Å². The normalized spacial score (nSPS) is 10.8. The lowest BCUT2D eigenvalue weighted by Gasteiger charge is -2.04. The van der Waals surface area contributed by atoms with Crippen molar-refractivity contribution in [3.63, 3.8) is 0 Å². The molecule has 0 amide bonds. The van der Waals surface area contributed by atoms with Gasteiger partial charge in [0.05, 0.1) is 6.42 Å². The van der Waals surface area contributed by atoms with Crippen LogP contribution in [0.2, 0.25) is 10.0 Å². The Morgan fingerprint density at radius 3 is 2.36 bits per heavy atom. The van der Waals surface area contributed by atoms with E-state index in [2.05, 4.69) is 10.2 Å². The Labute approximate surface area is 142 Å². The first-order valence-electron chi connectivity index (χ1n) is 6.64. The molecule has 0 aliphatic rings. The summed E-state index contributed by atoms with van der Waals surface area (Å²) in [7, 11) is 0. The van der Waals surface area contributed by atoms with Gasteiger partial charge in [0.15, 0.2) is 0 Å². The molecule has 1 aromatic heterocycles. The van der Waals surface area contributed by atoms with Crippen LogP contribution in [-0.2, 0) is 12.2 Å². The molecule has 0 bridgehead atoms. The predicted octanol–water partition coefficient (Wildman–Crippen LogP) is 5.26. The molecule has 6 heteroatoms. The van der Waals surface area contributed by atoms with Crippen molar-refractivity contribution in [2.45, 2.75) is 17.4 Å². The summed E-state index contributed by atoms with van der Waals surface area (Å²) in [6, 6.07) is 15.5. The molecule has 0 spiro atoms. The highest BCUT2D eigenvalue weighted by atomic mass is 35.5. The van der Waals surface area contributed by atoms with Crippen molar-refractivity contribution in [1.29, 1.82) is 0 Å². The van der Waals surface area contributed by atoms with Gasteiger partial charge in [-0.25, -0.2) is 0 Å². The summed E-state index contributed by atoms with van der Waals surface area (Å²) in [5.41, 5.74) is 2.01. The van der Waals surface area contributed by atoms with E-state index in [9.17, 15) is 0 Å². The minimum Gasteiger partial charge on any atom is -0.416 e. The summed E-state index contributed by atoms with van der Waals surface area (Å²) in [5.74, 6) is 1.19. The molecule has 3 rings (SSSR count). The molecule has 0 radical (unpaired) electrons. The SMILES string of the molecule is Clc1cccc(Cl)c1CSc1nnc(Cc2ccccc2)o1. The Hall–Kier alpha value is -1.49. The highest BCUT2D eigenvalue weighted by Crippen LogP contribution is 2.31. The lowest BCUT2D eigenvalue weighted by atomic mass is 10.2. The first kappa shape index (κ1) is 15.4. The van der Waals surface area contributed by atoms with Crippen molar-refractivity contribution >= 4 is 35.0 Å². The van der Waals surface area contributed by atoms with Crippen LogP contribution in [0.1, 0.15) is 17.0 Å². The van der Waals surface area contributed by atoms with E-state index in [0.29, 0.717) is 33.3 Å². The average Bonchev–Trinajstić information content (AvgIpc) is 2.95. The van der Waals surface area contributed by atoms with Crippen LogP contribution in [0.25, 0.3) is 0 Å². The molecule has 112 valence electrons. The van der Waals surface area contributed by atoms with Gasteiger partial charge in [0.2, 0.25) is 5.89 Å². The van der Waals surface area contributed by atoms with Gasteiger partial charge in [0, 0.05) is 15.8 Å². The van der Waals surface area contributed by atoms with Gasteiger partial charge < -0.3 is 4.42 Å². The fourth-order valence-corrected chi connectivity index (χ4v) is 3.46. The smallest absolute Gasteiger partial charge is 0.276 e. The number of halogens is 2. The Kier molecular flexibility index (Phi) is 5.03. The van der Waals surface area contributed by atoms with Crippen molar-refractivity contribution in [2.24, 2.45) is 0 Å².